The number of allylic oxidation sites excluding steroid dienone is 1. The highest BCUT2D eigenvalue weighted by Gasteiger charge is 2.26. The van der Waals surface area contributed by atoms with Crippen molar-refractivity contribution >= 4 is 5.70 Å². The lowest BCUT2D eigenvalue weighted by Crippen LogP contribution is -2.15. The summed E-state index contributed by atoms with van der Waals surface area (Å²) >= 11 is 0. The molecule has 1 atom stereocenters. The fourth-order valence-corrected chi connectivity index (χ4v) is 2.87. The van der Waals surface area contributed by atoms with E-state index in [1.165, 1.54) is 11.1 Å². The maximum absolute atomic E-state index is 9.33. The molecule has 2 N–H and O–H groups in total. The fraction of sp³-hybridized carbons (Fsp3) is 0.167. The molecule has 21 heavy (non-hydrogen) atoms. The van der Waals surface area contributed by atoms with Crippen molar-refractivity contribution in [2.24, 2.45) is 5.73 Å². The lowest BCUT2D eigenvalue weighted by atomic mass is 9.78. The zero-order valence-electron chi connectivity index (χ0n) is 11.8. The van der Waals surface area contributed by atoms with Crippen LogP contribution in [0.5, 0.6) is 5.75 Å². The van der Waals surface area contributed by atoms with Crippen LogP contribution in [0, 0.1) is 11.3 Å². The van der Waals surface area contributed by atoms with Crippen LogP contribution in [-0.2, 0) is 0 Å². The number of nitrogens with two attached hydrogens (primary N) is 1. The Balaban J connectivity index is 2.10. The molecule has 0 fully saturated rings. The van der Waals surface area contributed by atoms with Crippen LogP contribution in [0.3, 0.4) is 0 Å². The minimum Gasteiger partial charge on any atom is -0.497 e. The summed E-state index contributed by atoms with van der Waals surface area (Å²) in [7, 11) is 1.65. The van der Waals surface area contributed by atoms with Crippen molar-refractivity contribution in [1.82, 2.24) is 0 Å². The first-order valence-corrected chi connectivity index (χ1v) is 6.86. The van der Waals surface area contributed by atoms with Gasteiger partial charge in [-0.25, -0.2) is 0 Å². The van der Waals surface area contributed by atoms with Gasteiger partial charge in [-0.3, -0.25) is 0 Å². The zero-order chi connectivity index (χ0) is 14.8. The van der Waals surface area contributed by atoms with Gasteiger partial charge in [0.1, 0.15) is 5.75 Å². The molecule has 0 bridgehead atoms. The van der Waals surface area contributed by atoms with Crippen molar-refractivity contribution in [1.29, 1.82) is 5.26 Å². The number of hydrogen-bond donors (Lipinski definition) is 1. The number of benzene rings is 2. The van der Waals surface area contributed by atoms with Gasteiger partial charge in [-0.05, 0) is 29.7 Å². The third kappa shape index (κ3) is 2.25. The summed E-state index contributed by atoms with van der Waals surface area (Å²) in [6.07, 6.45) is 0.645. The molecule has 2 aromatic rings. The molecule has 3 rings (SSSR count). The van der Waals surface area contributed by atoms with E-state index < -0.39 is 0 Å². The lowest BCUT2D eigenvalue weighted by molar-refractivity contribution is 0.414. The smallest absolute Gasteiger partial charge is 0.118 e. The van der Waals surface area contributed by atoms with Crippen molar-refractivity contribution in [2.45, 2.75) is 12.3 Å². The van der Waals surface area contributed by atoms with Crippen LogP contribution >= 0.6 is 0 Å². The summed E-state index contributed by atoms with van der Waals surface area (Å²) < 4.78 is 5.20. The Kier molecular flexibility index (Phi) is 3.37. The third-order valence-electron chi connectivity index (χ3n) is 4.01. The van der Waals surface area contributed by atoms with Gasteiger partial charge in [0.05, 0.1) is 24.4 Å². The van der Waals surface area contributed by atoms with E-state index in [9.17, 15) is 5.26 Å². The van der Waals surface area contributed by atoms with Gasteiger partial charge in [0.15, 0.2) is 0 Å². The van der Waals surface area contributed by atoms with Crippen LogP contribution in [0.4, 0.5) is 0 Å². The minimum atomic E-state index is 0.161. The summed E-state index contributed by atoms with van der Waals surface area (Å²) in [5.41, 5.74) is 10.7. The van der Waals surface area contributed by atoms with E-state index in [4.69, 9.17) is 10.5 Å². The van der Waals surface area contributed by atoms with Gasteiger partial charge < -0.3 is 10.5 Å². The Morgan fingerprint density at radius 1 is 1.14 bits per heavy atom. The molecule has 0 saturated carbocycles. The van der Waals surface area contributed by atoms with Crippen LogP contribution in [-0.4, -0.2) is 7.11 Å². The predicted octanol–water partition coefficient (Wildman–Crippen LogP) is 3.42. The second-order valence-electron chi connectivity index (χ2n) is 5.12. The lowest BCUT2D eigenvalue weighted by Gasteiger charge is -2.26. The molecule has 1 aliphatic rings. The quantitative estimate of drug-likeness (QED) is 0.914. The first kappa shape index (κ1) is 13.3. The fourth-order valence-electron chi connectivity index (χ4n) is 2.87. The number of methoxy groups -OCH3 is 1. The molecular weight excluding hydrogens is 260 g/mol. The third-order valence-corrected chi connectivity index (χ3v) is 4.01. The number of nitriles is 1. The topological polar surface area (TPSA) is 59.0 Å². The van der Waals surface area contributed by atoms with Crippen molar-refractivity contribution in [3.05, 3.63) is 70.8 Å². The van der Waals surface area contributed by atoms with Crippen molar-refractivity contribution in [3.8, 4) is 11.8 Å². The Morgan fingerprint density at radius 2 is 1.86 bits per heavy atom. The SMILES string of the molecule is COc1ccc(C2CC(C#N)=C(N)c3ccccc32)cc1. The van der Waals surface area contributed by atoms with Crippen LogP contribution < -0.4 is 10.5 Å². The molecule has 0 saturated heterocycles. The average molecular weight is 276 g/mol. The van der Waals surface area contributed by atoms with Gasteiger partial charge in [-0.15, -0.1) is 0 Å². The summed E-state index contributed by atoms with van der Waals surface area (Å²) in [6.45, 7) is 0. The highest BCUT2D eigenvalue weighted by atomic mass is 16.5. The Hall–Kier alpha value is -2.73. The maximum Gasteiger partial charge on any atom is 0.118 e. The first-order chi connectivity index (χ1) is 10.2. The van der Waals surface area contributed by atoms with Crippen LogP contribution in [0.15, 0.2) is 54.1 Å². The van der Waals surface area contributed by atoms with E-state index in [1.54, 1.807) is 7.11 Å². The van der Waals surface area contributed by atoms with E-state index >= 15 is 0 Å². The van der Waals surface area contributed by atoms with Gasteiger partial charge in [-0.2, -0.15) is 5.26 Å². The van der Waals surface area contributed by atoms with Crippen LogP contribution in [0.1, 0.15) is 29.0 Å². The summed E-state index contributed by atoms with van der Waals surface area (Å²) in [5.74, 6) is 0.993. The van der Waals surface area contributed by atoms with E-state index in [2.05, 4.69) is 24.3 Å². The summed E-state index contributed by atoms with van der Waals surface area (Å²) in [4.78, 5) is 0. The number of fused-ring (bicyclic) bond motifs is 1. The molecule has 3 heteroatoms. The van der Waals surface area contributed by atoms with Gasteiger partial charge in [0, 0.05) is 11.5 Å². The molecule has 1 unspecified atom stereocenters. The van der Waals surface area contributed by atoms with Gasteiger partial charge in [0.2, 0.25) is 0 Å². The van der Waals surface area contributed by atoms with Crippen LogP contribution in [0.25, 0.3) is 5.70 Å². The highest BCUT2D eigenvalue weighted by Crippen LogP contribution is 2.40. The second-order valence-corrected chi connectivity index (χ2v) is 5.12. The number of nitrogens with zero attached hydrogens (tertiary/aromatic N) is 1. The predicted molar refractivity (Wildman–Crippen MR) is 82.6 cm³/mol. The largest absolute Gasteiger partial charge is 0.497 e. The number of ether oxygens (including phenoxy) is 1. The molecule has 1 aliphatic carbocycles. The van der Waals surface area contributed by atoms with Crippen LogP contribution in [0.2, 0.25) is 0 Å². The Labute approximate surface area is 124 Å². The highest BCUT2D eigenvalue weighted by molar-refractivity contribution is 5.75. The number of hydrogen-bond acceptors (Lipinski definition) is 3. The molecule has 104 valence electrons. The molecular formula is C18H16N2O. The Bertz CT molecular complexity index is 739. The minimum absolute atomic E-state index is 0.161. The van der Waals surface area contributed by atoms with E-state index in [0.29, 0.717) is 17.7 Å². The monoisotopic (exact) mass is 276 g/mol. The molecule has 2 aromatic carbocycles. The zero-order valence-corrected chi connectivity index (χ0v) is 11.8. The molecule has 0 spiro atoms. The van der Waals surface area contributed by atoms with Crippen molar-refractivity contribution < 1.29 is 4.74 Å². The molecule has 0 heterocycles. The standard InChI is InChI=1S/C18H16N2O/c1-21-14-8-6-12(7-9-14)17-10-13(11-19)18(20)16-5-3-2-4-15(16)17/h2-9,17H,10,20H2,1H3. The molecule has 3 nitrogen and oxygen atoms in total. The first-order valence-electron chi connectivity index (χ1n) is 6.86. The average Bonchev–Trinajstić information content (AvgIpc) is 2.56. The molecule has 0 aliphatic heterocycles. The summed E-state index contributed by atoms with van der Waals surface area (Å²) in [5, 5.41) is 9.33. The van der Waals surface area contributed by atoms with Gasteiger partial charge >= 0.3 is 0 Å². The second kappa shape index (κ2) is 5.34. The maximum atomic E-state index is 9.33. The van der Waals surface area contributed by atoms with E-state index in [0.717, 1.165) is 11.3 Å². The summed E-state index contributed by atoms with van der Waals surface area (Å²) in [6, 6.07) is 18.3. The molecule has 0 radical (unpaired) electrons. The van der Waals surface area contributed by atoms with E-state index in [-0.39, 0.29) is 5.92 Å². The molecule has 0 aromatic heterocycles. The Morgan fingerprint density at radius 3 is 2.52 bits per heavy atom. The van der Waals surface area contributed by atoms with Crippen molar-refractivity contribution in [3.63, 3.8) is 0 Å². The normalized spacial score (nSPS) is 17.0. The molecule has 0 amide bonds. The van der Waals surface area contributed by atoms with Crippen molar-refractivity contribution in [2.75, 3.05) is 7.11 Å². The van der Waals surface area contributed by atoms with E-state index in [1.807, 2.05) is 30.3 Å². The number of rotatable bonds is 2. The van der Waals surface area contributed by atoms with Gasteiger partial charge in [-0.1, -0.05) is 36.4 Å². The van der Waals surface area contributed by atoms with Gasteiger partial charge in [0.25, 0.3) is 0 Å².